The average molecular weight is 318 g/mol. The van der Waals surface area contributed by atoms with E-state index in [4.69, 9.17) is 5.73 Å². The van der Waals surface area contributed by atoms with Crippen LogP contribution < -0.4 is 10.5 Å². The SMILES string of the molecule is Cc1nn(CCN)c(C)c1S(=O)(=O)NCC1CCCS1. The van der Waals surface area contributed by atoms with Crippen LogP contribution >= 0.6 is 11.8 Å². The normalized spacial score (nSPS) is 19.6. The molecule has 1 aliphatic rings. The standard InChI is InChI=1S/C12H22N4O2S2/c1-9-12(10(2)16(15-9)6-5-13)20(17,18)14-8-11-4-3-7-19-11/h11,14H,3-8,13H2,1-2H3. The van der Waals surface area contributed by atoms with Gasteiger partial charge in [0.1, 0.15) is 4.90 Å². The zero-order valence-corrected chi connectivity index (χ0v) is 13.6. The molecule has 1 aliphatic heterocycles. The van der Waals surface area contributed by atoms with Crippen LogP contribution in [0.2, 0.25) is 0 Å². The summed E-state index contributed by atoms with van der Waals surface area (Å²) in [6.45, 7) is 4.95. The molecule has 0 saturated carbocycles. The summed E-state index contributed by atoms with van der Waals surface area (Å²) in [6, 6.07) is 0. The molecule has 0 aromatic carbocycles. The summed E-state index contributed by atoms with van der Waals surface area (Å²) in [6.07, 6.45) is 2.25. The Morgan fingerprint density at radius 3 is 2.85 bits per heavy atom. The maximum absolute atomic E-state index is 12.4. The smallest absolute Gasteiger partial charge is 0.244 e. The average Bonchev–Trinajstić information content (AvgIpc) is 2.97. The highest BCUT2D eigenvalue weighted by atomic mass is 32.2. The molecule has 6 nitrogen and oxygen atoms in total. The molecule has 1 aromatic rings. The third kappa shape index (κ3) is 3.36. The Morgan fingerprint density at radius 1 is 1.50 bits per heavy atom. The van der Waals surface area contributed by atoms with E-state index in [-0.39, 0.29) is 0 Å². The van der Waals surface area contributed by atoms with Crippen LogP contribution in [-0.2, 0) is 16.6 Å². The Labute approximate surface area is 124 Å². The van der Waals surface area contributed by atoms with Crippen LogP contribution in [0.25, 0.3) is 0 Å². The maximum Gasteiger partial charge on any atom is 0.244 e. The lowest BCUT2D eigenvalue weighted by molar-refractivity contribution is 0.575. The minimum atomic E-state index is -3.49. The van der Waals surface area contributed by atoms with Crippen molar-refractivity contribution in [2.45, 2.75) is 43.4 Å². The van der Waals surface area contributed by atoms with Gasteiger partial charge in [0.15, 0.2) is 0 Å². The molecular formula is C12H22N4O2S2. The van der Waals surface area contributed by atoms with E-state index in [1.54, 1.807) is 18.5 Å². The number of hydrogen-bond donors (Lipinski definition) is 2. The number of hydrogen-bond acceptors (Lipinski definition) is 5. The topological polar surface area (TPSA) is 90.0 Å². The highest BCUT2D eigenvalue weighted by molar-refractivity contribution is 8.00. The number of nitrogens with zero attached hydrogens (tertiary/aromatic N) is 2. The molecule has 0 aliphatic carbocycles. The van der Waals surface area contributed by atoms with Crippen molar-refractivity contribution in [3.8, 4) is 0 Å². The fourth-order valence-corrected chi connectivity index (χ4v) is 5.29. The van der Waals surface area contributed by atoms with E-state index in [1.807, 2.05) is 11.8 Å². The van der Waals surface area contributed by atoms with Crippen molar-refractivity contribution in [1.82, 2.24) is 14.5 Å². The van der Waals surface area contributed by atoms with Gasteiger partial charge in [-0.1, -0.05) is 0 Å². The fourth-order valence-electron chi connectivity index (χ4n) is 2.49. The summed E-state index contributed by atoms with van der Waals surface area (Å²) in [4.78, 5) is 0.300. The first-order valence-corrected chi connectivity index (χ1v) is 9.34. The second-order valence-corrected chi connectivity index (χ2v) is 8.11. The molecule has 8 heteroatoms. The van der Waals surface area contributed by atoms with Gasteiger partial charge in [-0.05, 0) is 32.4 Å². The molecule has 0 spiro atoms. The van der Waals surface area contributed by atoms with Gasteiger partial charge in [-0.15, -0.1) is 0 Å². The van der Waals surface area contributed by atoms with Crippen LogP contribution in [0.15, 0.2) is 4.90 Å². The monoisotopic (exact) mass is 318 g/mol. The van der Waals surface area contributed by atoms with Crippen LogP contribution in [0.3, 0.4) is 0 Å². The highest BCUT2D eigenvalue weighted by Gasteiger charge is 2.26. The lowest BCUT2D eigenvalue weighted by atomic mass is 10.2. The van der Waals surface area contributed by atoms with Gasteiger partial charge in [-0.25, -0.2) is 13.1 Å². The van der Waals surface area contributed by atoms with E-state index in [9.17, 15) is 8.42 Å². The first kappa shape index (κ1) is 15.8. The van der Waals surface area contributed by atoms with Gasteiger partial charge in [-0.2, -0.15) is 16.9 Å². The minimum absolute atomic E-state index is 0.300. The summed E-state index contributed by atoms with van der Waals surface area (Å²) >= 11 is 1.84. The summed E-state index contributed by atoms with van der Waals surface area (Å²) in [7, 11) is -3.49. The van der Waals surface area contributed by atoms with E-state index in [1.165, 1.54) is 6.42 Å². The van der Waals surface area contributed by atoms with E-state index < -0.39 is 10.0 Å². The first-order chi connectivity index (χ1) is 9.45. The number of thioether (sulfide) groups is 1. The summed E-state index contributed by atoms with van der Waals surface area (Å²) < 4.78 is 29.3. The molecule has 2 rings (SSSR count). The number of nitrogens with one attached hydrogen (secondary N) is 1. The molecule has 20 heavy (non-hydrogen) atoms. The Kier molecular flexibility index (Phi) is 5.11. The van der Waals surface area contributed by atoms with Crippen molar-refractivity contribution in [2.24, 2.45) is 5.73 Å². The van der Waals surface area contributed by atoms with Gasteiger partial charge in [0.25, 0.3) is 0 Å². The molecule has 3 N–H and O–H groups in total. The van der Waals surface area contributed by atoms with Crippen molar-refractivity contribution >= 4 is 21.8 Å². The molecule has 1 unspecified atom stereocenters. The van der Waals surface area contributed by atoms with E-state index in [2.05, 4.69) is 9.82 Å². The Hall–Kier alpha value is -0.570. The second-order valence-electron chi connectivity index (χ2n) is 5.00. The van der Waals surface area contributed by atoms with Gasteiger partial charge in [0.2, 0.25) is 10.0 Å². The molecule has 1 saturated heterocycles. The van der Waals surface area contributed by atoms with E-state index in [0.717, 1.165) is 12.2 Å². The lowest BCUT2D eigenvalue weighted by Crippen LogP contribution is -2.30. The zero-order chi connectivity index (χ0) is 14.8. The van der Waals surface area contributed by atoms with Crippen molar-refractivity contribution < 1.29 is 8.42 Å². The largest absolute Gasteiger partial charge is 0.329 e. The van der Waals surface area contributed by atoms with Crippen molar-refractivity contribution in [1.29, 1.82) is 0 Å². The fraction of sp³-hybridized carbons (Fsp3) is 0.750. The molecular weight excluding hydrogens is 296 g/mol. The van der Waals surface area contributed by atoms with Gasteiger partial charge in [-0.3, -0.25) is 4.68 Å². The number of aryl methyl sites for hydroxylation is 1. The maximum atomic E-state index is 12.4. The first-order valence-electron chi connectivity index (χ1n) is 6.81. The molecule has 1 atom stereocenters. The van der Waals surface area contributed by atoms with Gasteiger partial charge in [0.05, 0.1) is 17.9 Å². The summed E-state index contributed by atoms with van der Waals surface area (Å²) in [5, 5.41) is 4.65. The highest BCUT2D eigenvalue weighted by Crippen LogP contribution is 2.26. The number of aromatic nitrogens is 2. The van der Waals surface area contributed by atoms with Crippen molar-refractivity contribution in [3.05, 3.63) is 11.4 Å². The quantitative estimate of drug-likeness (QED) is 0.803. The molecule has 0 amide bonds. The molecule has 1 fully saturated rings. The van der Waals surface area contributed by atoms with Crippen LogP contribution in [0.1, 0.15) is 24.2 Å². The van der Waals surface area contributed by atoms with Gasteiger partial charge >= 0.3 is 0 Å². The molecule has 2 heterocycles. The number of sulfonamides is 1. The second kappa shape index (κ2) is 6.46. The lowest BCUT2D eigenvalue weighted by Gasteiger charge is -2.11. The molecule has 1 aromatic heterocycles. The number of nitrogens with two attached hydrogens (primary N) is 1. The minimum Gasteiger partial charge on any atom is -0.329 e. The number of rotatable bonds is 6. The molecule has 0 bridgehead atoms. The third-order valence-electron chi connectivity index (χ3n) is 3.45. The Bertz CT molecular complexity index is 562. The predicted molar refractivity (Wildman–Crippen MR) is 81.4 cm³/mol. The third-order valence-corrected chi connectivity index (χ3v) is 6.52. The molecule has 114 valence electrons. The Morgan fingerprint density at radius 2 is 2.25 bits per heavy atom. The van der Waals surface area contributed by atoms with Gasteiger partial charge in [0, 0.05) is 18.3 Å². The van der Waals surface area contributed by atoms with Crippen LogP contribution in [0.5, 0.6) is 0 Å². The van der Waals surface area contributed by atoms with E-state index in [0.29, 0.717) is 41.2 Å². The van der Waals surface area contributed by atoms with Crippen LogP contribution in [0.4, 0.5) is 0 Å². The van der Waals surface area contributed by atoms with E-state index >= 15 is 0 Å². The zero-order valence-electron chi connectivity index (χ0n) is 11.9. The Balaban J connectivity index is 2.15. The summed E-state index contributed by atoms with van der Waals surface area (Å²) in [5.74, 6) is 1.12. The van der Waals surface area contributed by atoms with Crippen LogP contribution in [-0.4, -0.2) is 42.3 Å². The summed E-state index contributed by atoms with van der Waals surface area (Å²) in [5.41, 5.74) is 6.69. The van der Waals surface area contributed by atoms with Gasteiger partial charge < -0.3 is 5.73 Å². The van der Waals surface area contributed by atoms with Crippen molar-refractivity contribution in [2.75, 3.05) is 18.8 Å². The van der Waals surface area contributed by atoms with Crippen molar-refractivity contribution in [3.63, 3.8) is 0 Å². The predicted octanol–water partition coefficient (Wildman–Crippen LogP) is 0.633. The van der Waals surface area contributed by atoms with Crippen LogP contribution in [0, 0.1) is 13.8 Å². The molecule has 0 radical (unpaired) electrons.